The molecule has 0 spiro atoms. The molecule has 4 saturated heterocycles. The Kier molecular flexibility index (Phi) is 7.59. The number of alkyl halides is 3. The third kappa shape index (κ3) is 5.73. The van der Waals surface area contributed by atoms with Crippen LogP contribution in [0.1, 0.15) is 31.2 Å². The highest BCUT2D eigenvalue weighted by molar-refractivity contribution is 7.80. The van der Waals surface area contributed by atoms with Gasteiger partial charge in [0.1, 0.15) is 0 Å². The van der Waals surface area contributed by atoms with Crippen LogP contribution in [0.15, 0.2) is 24.3 Å². The first-order chi connectivity index (χ1) is 15.3. The van der Waals surface area contributed by atoms with Crippen LogP contribution in [-0.4, -0.2) is 73.4 Å². The van der Waals surface area contributed by atoms with E-state index in [1.807, 2.05) is 0 Å². The Morgan fingerprint density at radius 3 is 2.59 bits per heavy atom. The Bertz CT molecular complexity index is 776. The fourth-order valence-corrected chi connectivity index (χ4v) is 5.82. The van der Waals surface area contributed by atoms with Crippen molar-refractivity contribution < 1.29 is 17.9 Å². The Balaban J connectivity index is 1.23. The van der Waals surface area contributed by atoms with Gasteiger partial charge in [0.15, 0.2) is 5.11 Å². The highest BCUT2D eigenvalue weighted by Gasteiger charge is 2.41. The molecule has 1 aromatic rings. The summed E-state index contributed by atoms with van der Waals surface area (Å²) in [4.78, 5) is 5.21. The smallest absolute Gasteiger partial charge is 0.383 e. The molecule has 2 N–H and O–H groups in total. The fourth-order valence-electron chi connectivity index (χ4n) is 5.61. The van der Waals surface area contributed by atoms with Gasteiger partial charge in [-0.15, -0.1) is 0 Å². The first-order valence-electron chi connectivity index (χ1n) is 11.5. The number of ether oxygens (including phenoxy) is 1. The normalized spacial score (nSPS) is 30.4. The molecule has 1 aromatic carbocycles. The Morgan fingerprint density at radius 1 is 1.16 bits per heavy atom. The number of halogens is 3. The summed E-state index contributed by atoms with van der Waals surface area (Å²) in [6.45, 7) is 6.21. The van der Waals surface area contributed by atoms with Gasteiger partial charge in [-0.2, -0.15) is 13.2 Å². The van der Waals surface area contributed by atoms with Crippen molar-refractivity contribution in [2.75, 3.05) is 51.8 Å². The maximum Gasteiger partial charge on any atom is 0.416 e. The number of benzene rings is 1. The summed E-state index contributed by atoms with van der Waals surface area (Å²) < 4.78 is 43.5. The molecule has 0 amide bonds. The van der Waals surface area contributed by atoms with E-state index in [0.29, 0.717) is 22.9 Å². The van der Waals surface area contributed by atoms with Gasteiger partial charge in [-0.3, -0.25) is 9.80 Å². The lowest BCUT2D eigenvalue weighted by Gasteiger charge is -2.51. The maximum absolute atomic E-state index is 12.7. The van der Waals surface area contributed by atoms with Crippen LogP contribution in [-0.2, 0) is 10.9 Å². The molecule has 4 fully saturated rings. The van der Waals surface area contributed by atoms with Crippen LogP contribution >= 0.6 is 12.2 Å². The number of hydrogen-bond donors (Lipinski definition) is 2. The molecule has 5 unspecified atom stereocenters. The van der Waals surface area contributed by atoms with Crippen molar-refractivity contribution in [3.63, 3.8) is 0 Å². The second-order valence-corrected chi connectivity index (χ2v) is 9.76. The first-order valence-corrected chi connectivity index (χ1v) is 11.9. The van der Waals surface area contributed by atoms with E-state index < -0.39 is 11.7 Å². The van der Waals surface area contributed by atoms with Gasteiger partial charge in [0.2, 0.25) is 0 Å². The number of rotatable bonds is 7. The topological polar surface area (TPSA) is 39.8 Å². The van der Waals surface area contributed by atoms with E-state index in [1.54, 1.807) is 7.11 Å². The molecule has 5 atom stereocenters. The molecule has 4 aliphatic rings. The maximum atomic E-state index is 12.7. The summed E-state index contributed by atoms with van der Waals surface area (Å²) in [5, 5.41) is 6.71. The van der Waals surface area contributed by atoms with E-state index in [-0.39, 0.29) is 0 Å². The minimum atomic E-state index is -4.33. The number of methoxy groups -OCH3 is 1. The van der Waals surface area contributed by atoms with Gasteiger partial charge in [-0.25, -0.2) is 0 Å². The summed E-state index contributed by atoms with van der Waals surface area (Å²) in [7, 11) is 1.79. The summed E-state index contributed by atoms with van der Waals surface area (Å²) in [6, 6.07) is 5.96. The number of thiocarbonyl (C=S) groups is 1. The Morgan fingerprint density at radius 2 is 1.94 bits per heavy atom. The van der Waals surface area contributed by atoms with E-state index in [1.165, 1.54) is 50.9 Å². The largest absolute Gasteiger partial charge is 0.416 e. The molecular formula is C23H33F3N4OS. The molecule has 9 heteroatoms. The van der Waals surface area contributed by atoms with Crippen LogP contribution in [0, 0.1) is 11.8 Å². The average Bonchev–Trinajstić information content (AvgIpc) is 3.20. The van der Waals surface area contributed by atoms with Gasteiger partial charge in [0.05, 0.1) is 12.2 Å². The molecule has 0 saturated carbocycles. The second-order valence-electron chi connectivity index (χ2n) is 9.35. The lowest BCUT2D eigenvalue weighted by Crippen LogP contribution is -2.59. The van der Waals surface area contributed by atoms with Crippen molar-refractivity contribution in [3.05, 3.63) is 29.8 Å². The van der Waals surface area contributed by atoms with E-state index in [9.17, 15) is 13.2 Å². The number of hydrogen-bond acceptors (Lipinski definition) is 4. The minimum absolute atomic E-state index is 0.448. The van der Waals surface area contributed by atoms with Crippen LogP contribution in [0.3, 0.4) is 0 Å². The van der Waals surface area contributed by atoms with E-state index in [0.717, 1.165) is 50.2 Å². The summed E-state index contributed by atoms with van der Waals surface area (Å²) >= 11 is 5.37. The zero-order valence-electron chi connectivity index (χ0n) is 18.5. The number of likely N-dealkylation sites (tertiary alicyclic amines) is 1. The number of nitrogens with zero attached hydrogens (tertiary/aromatic N) is 2. The third-order valence-corrected chi connectivity index (χ3v) is 7.56. The molecule has 2 bridgehead atoms. The standard InChI is InChI=1S/C23H33F3N4OS/c1-31-15-20-3-2-9-29(20)13-17-14-30-10-8-16(17)11-21(30)12-27-22(32)28-19-6-4-18(5-7-19)23(24,25)26/h4-7,16-17,20-21H,2-3,8-15H2,1H3,(H2,27,28,32). The predicted molar refractivity (Wildman–Crippen MR) is 124 cm³/mol. The van der Waals surface area contributed by atoms with Crippen LogP contribution in [0.25, 0.3) is 0 Å². The van der Waals surface area contributed by atoms with Crippen LogP contribution in [0.2, 0.25) is 0 Å². The first kappa shape index (κ1) is 23.7. The number of piperidine rings is 3. The number of nitrogens with one attached hydrogen (secondary N) is 2. The van der Waals surface area contributed by atoms with Gasteiger partial charge in [-0.1, -0.05) is 0 Å². The molecule has 5 nitrogen and oxygen atoms in total. The molecule has 32 heavy (non-hydrogen) atoms. The molecule has 5 rings (SSSR count). The monoisotopic (exact) mass is 470 g/mol. The van der Waals surface area contributed by atoms with Gasteiger partial charge in [0.25, 0.3) is 0 Å². The second kappa shape index (κ2) is 10.2. The summed E-state index contributed by atoms with van der Waals surface area (Å²) in [6.07, 6.45) is 0.612. The molecular weight excluding hydrogens is 437 g/mol. The number of fused-ring (bicyclic) bond motifs is 3. The summed E-state index contributed by atoms with van der Waals surface area (Å²) in [5.74, 6) is 1.46. The third-order valence-electron chi connectivity index (χ3n) is 7.31. The SMILES string of the molecule is COCC1CCCN1CC1CN2CCC1CC2CNC(=S)Nc1ccc(C(F)(F)F)cc1. The van der Waals surface area contributed by atoms with Crippen LogP contribution in [0.5, 0.6) is 0 Å². The van der Waals surface area contributed by atoms with Gasteiger partial charge < -0.3 is 15.4 Å². The van der Waals surface area contributed by atoms with Crippen molar-refractivity contribution in [2.45, 2.75) is 43.9 Å². The minimum Gasteiger partial charge on any atom is -0.383 e. The Labute approximate surface area is 193 Å². The molecule has 4 heterocycles. The highest BCUT2D eigenvalue weighted by Crippen LogP contribution is 2.37. The summed E-state index contributed by atoms with van der Waals surface area (Å²) in [5.41, 5.74) is -0.109. The van der Waals surface area contributed by atoms with Crippen LogP contribution < -0.4 is 10.6 Å². The Hall–Kier alpha value is -1.42. The van der Waals surface area contributed by atoms with E-state index in [2.05, 4.69) is 20.4 Å². The number of anilines is 1. The lowest BCUT2D eigenvalue weighted by molar-refractivity contribution is -0.137. The fraction of sp³-hybridized carbons (Fsp3) is 0.696. The predicted octanol–water partition coefficient (Wildman–Crippen LogP) is 3.81. The lowest BCUT2D eigenvalue weighted by atomic mass is 9.75. The van der Waals surface area contributed by atoms with Crippen molar-refractivity contribution >= 4 is 23.0 Å². The van der Waals surface area contributed by atoms with Gasteiger partial charge >= 0.3 is 6.18 Å². The van der Waals surface area contributed by atoms with Crippen molar-refractivity contribution in [3.8, 4) is 0 Å². The average molecular weight is 471 g/mol. The van der Waals surface area contributed by atoms with Crippen LogP contribution in [0.4, 0.5) is 18.9 Å². The van der Waals surface area contributed by atoms with Crippen molar-refractivity contribution in [1.29, 1.82) is 0 Å². The van der Waals surface area contributed by atoms with Gasteiger partial charge in [0, 0.05) is 44.5 Å². The van der Waals surface area contributed by atoms with Gasteiger partial charge in [-0.05, 0) is 87.1 Å². The van der Waals surface area contributed by atoms with Crippen molar-refractivity contribution in [1.82, 2.24) is 15.1 Å². The van der Waals surface area contributed by atoms with E-state index in [4.69, 9.17) is 17.0 Å². The quantitative estimate of drug-likeness (QED) is 0.591. The molecule has 0 aliphatic carbocycles. The zero-order valence-corrected chi connectivity index (χ0v) is 19.4. The molecule has 0 radical (unpaired) electrons. The highest BCUT2D eigenvalue weighted by atomic mass is 32.1. The molecule has 178 valence electrons. The molecule has 0 aromatic heterocycles. The van der Waals surface area contributed by atoms with Crippen molar-refractivity contribution in [2.24, 2.45) is 11.8 Å². The van der Waals surface area contributed by atoms with E-state index >= 15 is 0 Å². The molecule has 4 aliphatic heterocycles. The zero-order chi connectivity index (χ0) is 22.7.